The SMILES string of the molecule is CCC(C(C)C)P(=O)(OC(C)(C)C)SCOC(=O)C(C)(C)CCN1CCOCC1. The smallest absolute Gasteiger partial charge is 0.312 e. The lowest BCUT2D eigenvalue weighted by molar-refractivity contribution is -0.152. The molecule has 6 nitrogen and oxygen atoms in total. The van der Waals surface area contributed by atoms with Crippen LogP contribution in [0.3, 0.4) is 0 Å². The van der Waals surface area contributed by atoms with Crippen LogP contribution < -0.4 is 0 Å². The molecule has 0 amide bonds. The minimum absolute atomic E-state index is 0.0520. The maximum absolute atomic E-state index is 13.7. The van der Waals surface area contributed by atoms with Gasteiger partial charge in [0.15, 0.2) is 0 Å². The van der Waals surface area contributed by atoms with E-state index in [4.69, 9.17) is 14.0 Å². The molecule has 0 aromatic rings. The van der Waals surface area contributed by atoms with E-state index in [9.17, 15) is 9.36 Å². The van der Waals surface area contributed by atoms with Crippen LogP contribution in [-0.2, 0) is 23.4 Å². The van der Waals surface area contributed by atoms with Gasteiger partial charge in [-0.15, -0.1) is 0 Å². The summed E-state index contributed by atoms with van der Waals surface area (Å²) in [5, 5.41) is 0. The number of hydrogen-bond donors (Lipinski definition) is 0. The maximum Gasteiger partial charge on any atom is 0.312 e. The molecule has 1 saturated heterocycles. The Morgan fingerprint density at radius 3 is 2.24 bits per heavy atom. The van der Waals surface area contributed by atoms with Gasteiger partial charge in [-0.2, -0.15) is 0 Å². The highest BCUT2D eigenvalue weighted by Crippen LogP contribution is 2.67. The second kappa shape index (κ2) is 11.5. The summed E-state index contributed by atoms with van der Waals surface area (Å²) in [5.74, 6) is 0.0237. The van der Waals surface area contributed by atoms with Crippen molar-refractivity contribution in [3.05, 3.63) is 0 Å². The van der Waals surface area contributed by atoms with Gasteiger partial charge in [0.25, 0.3) is 6.57 Å². The molecule has 172 valence electrons. The molecule has 0 radical (unpaired) electrons. The van der Waals surface area contributed by atoms with E-state index in [-0.39, 0.29) is 23.5 Å². The lowest BCUT2D eigenvalue weighted by Crippen LogP contribution is -2.39. The summed E-state index contributed by atoms with van der Waals surface area (Å²) in [4.78, 5) is 15.0. The molecule has 0 saturated carbocycles. The first-order valence-corrected chi connectivity index (χ1v) is 14.0. The molecule has 1 fully saturated rings. The predicted molar refractivity (Wildman–Crippen MR) is 122 cm³/mol. The molecule has 0 spiro atoms. The second-order valence-corrected chi connectivity index (χ2v) is 14.5. The van der Waals surface area contributed by atoms with Crippen LogP contribution in [0.1, 0.15) is 68.2 Å². The summed E-state index contributed by atoms with van der Waals surface area (Å²) >= 11 is 1.17. The van der Waals surface area contributed by atoms with Crippen LogP contribution in [0.4, 0.5) is 0 Å². The molecule has 0 aromatic heterocycles. The van der Waals surface area contributed by atoms with E-state index in [0.717, 1.165) is 45.7 Å². The van der Waals surface area contributed by atoms with E-state index in [1.165, 1.54) is 11.4 Å². The Morgan fingerprint density at radius 2 is 1.76 bits per heavy atom. The van der Waals surface area contributed by atoms with Crippen LogP contribution >= 0.6 is 18.0 Å². The van der Waals surface area contributed by atoms with Gasteiger partial charge in [-0.3, -0.25) is 14.3 Å². The predicted octanol–water partition coefficient (Wildman–Crippen LogP) is 5.41. The second-order valence-electron chi connectivity index (χ2n) is 9.73. The van der Waals surface area contributed by atoms with E-state index < -0.39 is 17.6 Å². The largest absolute Gasteiger partial charge is 0.454 e. The van der Waals surface area contributed by atoms with Crippen LogP contribution in [0.25, 0.3) is 0 Å². The minimum Gasteiger partial charge on any atom is -0.454 e. The van der Waals surface area contributed by atoms with Gasteiger partial charge in [0.05, 0.1) is 24.2 Å². The average molecular weight is 452 g/mol. The summed E-state index contributed by atoms with van der Waals surface area (Å²) in [5.41, 5.74) is -1.18. The normalized spacial score (nSPS) is 19.8. The topological polar surface area (TPSA) is 65.1 Å². The zero-order valence-corrected chi connectivity index (χ0v) is 21.4. The van der Waals surface area contributed by atoms with Crippen molar-refractivity contribution in [3.8, 4) is 0 Å². The number of carbonyl (C=O) groups excluding carboxylic acids is 1. The van der Waals surface area contributed by atoms with E-state index >= 15 is 0 Å². The lowest BCUT2D eigenvalue weighted by atomic mass is 9.89. The van der Waals surface area contributed by atoms with Crippen molar-refractivity contribution >= 4 is 23.9 Å². The van der Waals surface area contributed by atoms with Gasteiger partial charge < -0.3 is 14.0 Å². The fourth-order valence-corrected chi connectivity index (χ4v) is 9.15. The maximum atomic E-state index is 13.7. The fourth-order valence-electron chi connectivity index (χ4n) is 3.34. The van der Waals surface area contributed by atoms with Gasteiger partial charge in [0, 0.05) is 18.7 Å². The summed E-state index contributed by atoms with van der Waals surface area (Å²) in [6.07, 6.45) is 1.48. The highest BCUT2D eigenvalue weighted by Gasteiger charge is 2.40. The lowest BCUT2D eigenvalue weighted by Gasteiger charge is -2.34. The van der Waals surface area contributed by atoms with Crippen molar-refractivity contribution in [2.24, 2.45) is 11.3 Å². The zero-order chi connectivity index (χ0) is 22.3. The van der Waals surface area contributed by atoms with Gasteiger partial charge in [-0.05, 0) is 71.3 Å². The van der Waals surface area contributed by atoms with Crippen LogP contribution in [0.5, 0.6) is 0 Å². The van der Waals surface area contributed by atoms with E-state index in [0.29, 0.717) is 0 Å². The Hall–Kier alpha value is -0.0700. The third kappa shape index (κ3) is 9.30. The molecule has 2 unspecified atom stereocenters. The number of carbonyl (C=O) groups is 1. The molecule has 29 heavy (non-hydrogen) atoms. The van der Waals surface area contributed by atoms with Crippen LogP contribution in [-0.4, -0.2) is 60.9 Å². The van der Waals surface area contributed by atoms with Crippen molar-refractivity contribution < 1.29 is 23.4 Å². The molecule has 2 atom stereocenters. The first-order valence-electron chi connectivity index (χ1n) is 10.7. The number of morpholine rings is 1. The van der Waals surface area contributed by atoms with E-state index in [2.05, 4.69) is 18.7 Å². The molecular weight excluding hydrogens is 409 g/mol. The summed E-state index contributed by atoms with van der Waals surface area (Å²) < 4.78 is 30.7. The summed E-state index contributed by atoms with van der Waals surface area (Å²) in [6, 6.07) is 0. The fraction of sp³-hybridized carbons (Fsp3) is 0.952. The summed E-state index contributed by atoms with van der Waals surface area (Å²) in [7, 11) is 0. The van der Waals surface area contributed by atoms with Gasteiger partial charge in [0.2, 0.25) is 0 Å². The third-order valence-electron chi connectivity index (χ3n) is 5.13. The minimum atomic E-state index is -3.04. The molecular formula is C21H42NO5PS. The Labute approximate surface area is 182 Å². The van der Waals surface area contributed by atoms with Gasteiger partial charge in [-0.25, -0.2) is 0 Å². The molecule has 0 bridgehead atoms. The standard InChI is InChI=1S/C21H42NO5PS/c1-9-18(17(2)3)28(24,27-20(4,5)6)29-16-26-19(23)21(7,8)10-11-22-12-14-25-15-13-22/h17-18H,9-16H2,1-8H3. The number of ether oxygens (including phenoxy) is 2. The zero-order valence-electron chi connectivity index (χ0n) is 19.7. The van der Waals surface area contributed by atoms with Gasteiger partial charge in [0.1, 0.15) is 5.94 Å². The van der Waals surface area contributed by atoms with Gasteiger partial charge >= 0.3 is 5.97 Å². The van der Waals surface area contributed by atoms with Crippen molar-refractivity contribution in [3.63, 3.8) is 0 Å². The number of rotatable bonds is 11. The molecule has 1 aliphatic heterocycles. The van der Waals surface area contributed by atoms with E-state index in [1.54, 1.807) is 0 Å². The molecule has 0 N–H and O–H groups in total. The van der Waals surface area contributed by atoms with Crippen molar-refractivity contribution in [1.29, 1.82) is 0 Å². The van der Waals surface area contributed by atoms with Gasteiger partial charge in [-0.1, -0.05) is 20.8 Å². The van der Waals surface area contributed by atoms with Crippen molar-refractivity contribution in [2.45, 2.75) is 79.5 Å². The van der Waals surface area contributed by atoms with Crippen molar-refractivity contribution in [2.75, 3.05) is 38.8 Å². The Bertz CT molecular complexity index is 556. The summed E-state index contributed by atoms with van der Waals surface area (Å²) in [6.45, 7) is 16.8. The highest BCUT2D eigenvalue weighted by molar-refractivity contribution is 8.56. The molecule has 0 aliphatic carbocycles. The molecule has 8 heteroatoms. The quantitative estimate of drug-likeness (QED) is 0.236. The third-order valence-corrected chi connectivity index (χ3v) is 10.7. The highest BCUT2D eigenvalue weighted by atomic mass is 32.7. The van der Waals surface area contributed by atoms with Crippen LogP contribution in [0.2, 0.25) is 0 Å². The van der Waals surface area contributed by atoms with Crippen LogP contribution in [0, 0.1) is 11.3 Å². The number of esters is 1. The molecule has 1 heterocycles. The average Bonchev–Trinajstić information content (AvgIpc) is 2.59. The first kappa shape index (κ1) is 27.0. The Morgan fingerprint density at radius 1 is 1.17 bits per heavy atom. The number of nitrogens with zero attached hydrogens (tertiary/aromatic N) is 1. The van der Waals surface area contributed by atoms with Crippen molar-refractivity contribution in [1.82, 2.24) is 4.90 Å². The first-order chi connectivity index (χ1) is 13.3. The monoisotopic (exact) mass is 451 g/mol. The molecule has 1 rings (SSSR count). The Balaban J connectivity index is 2.64. The van der Waals surface area contributed by atoms with Crippen LogP contribution in [0.15, 0.2) is 0 Å². The molecule has 1 aliphatic rings. The van der Waals surface area contributed by atoms with E-state index in [1.807, 2.05) is 41.5 Å². The molecule has 0 aromatic carbocycles. The Kier molecular flexibility index (Phi) is 10.7. The number of hydrogen-bond acceptors (Lipinski definition) is 7.